The average Bonchev–Trinajstić information content (AvgIpc) is 2.67. The van der Waals surface area contributed by atoms with Crippen molar-refractivity contribution in [2.24, 2.45) is 0 Å². The van der Waals surface area contributed by atoms with Crippen molar-refractivity contribution < 1.29 is 14.3 Å². The first-order valence-electron chi connectivity index (χ1n) is 8.39. The number of carbonyl (C=O) groups excluding carboxylic acids is 2. The molecule has 8 nitrogen and oxygen atoms in total. The van der Waals surface area contributed by atoms with Crippen molar-refractivity contribution >= 4 is 28.4 Å². The fourth-order valence-corrected chi connectivity index (χ4v) is 2.83. The molecule has 8 heteroatoms. The van der Waals surface area contributed by atoms with E-state index in [1.807, 2.05) is 0 Å². The SMILES string of the molecule is C[C@@H]1Oc2ccc(CNC(=O)c3nc4ccccc4c(=O)[nH]3)cc2NC1=O. The summed E-state index contributed by atoms with van der Waals surface area (Å²) in [5.41, 5.74) is 1.41. The monoisotopic (exact) mass is 364 g/mol. The van der Waals surface area contributed by atoms with Crippen LogP contribution in [0.3, 0.4) is 0 Å². The van der Waals surface area contributed by atoms with Gasteiger partial charge in [0, 0.05) is 6.54 Å². The third-order valence-electron chi connectivity index (χ3n) is 4.26. The molecule has 4 rings (SSSR count). The average molecular weight is 364 g/mol. The van der Waals surface area contributed by atoms with E-state index in [9.17, 15) is 14.4 Å². The maximum absolute atomic E-state index is 12.4. The van der Waals surface area contributed by atoms with E-state index in [-0.39, 0.29) is 23.8 Å². The van der Waals surface area contributed by atoms with Gasteiger partial charge in [-0.05, 0) is 36.8 Å². The molecule has 3 N–H and O–H groups in total. The lowest BCUT2D eigenvalue weighted by Gasteiger charge is -2.23. The number of benzene rings is 2. The number of aromatic nitrogens is 2. The predicted octanol–water partition coefficient (Wildman–Crippen LogP) is 1.57. The summed E-state index contributed by atoms with van der Waals surface area (Å²) in [7, 11) is 0. The van der Waals surface area contributed by atoms with E-state index in [4.69, 9.17) is 4.74 Å². The summed E-state index contributed by atoms with van der Waals surface area (Å²) in [5.74, 6) is -0.189. The highest BCUT2D eigenvalue weighted by Gasteiger charge is 2.23. The topological polar surface area (TPSA) is 113 Å². The summed E-state index contributed by atoms with van der Waals surface area (Å²) in [6.45, 7) is 1.87. The molecule has 0 saturated carbocycles. The van der Waals surface area contributed by atoms with Crippen molar-refractivity contribution in [1.82, 2.24) is 15.3 Å². The minimum absolute atomic E-state index is 0.0536. The molecule has 1 atom stereocenters. The normalized spacial score (nSPS) is 15.6. The predicted molar refractivity (Wildman–Crippen MR) is 98.7 cm³/mol. The van der Waals surface area contributed by atoms with Crippen LogP contribution in [0.4, 0.5) is 5.69 Å². The number of hydrogen-bond acceptors (Lipinski definition) is 5. The first-order valence-corrected chi connectivity index (χ1v) is 8.39. The van der Waals surface area contributed by atoms with Gasteiger partial charge in [0.15, 0.2) is 11.9 Å². The number of H-pyrrole nitrogens is 1. The third-order valence-corrected chi connectivity index (χ3v) is 4.26. The summed E-state index contributed by atoms with van der Waals surface area (Å²) < 4.78 is 5.50. The van der Waals surface area contributed by atoms with Crippen LogP contribution in [0.1, 0.15) is 23.1 Å². The van der Waals surface area contributed by atoms with Gasteiger partial charge in [-0.1, -0.05) is 18.2 Å². The molecule has 2 heterocycles. The largest absolute Gasteiger partial charge is 0.479 e. The molecule has 0 saturated heterocycles. The van der Waals surface area contributed by atoms with Gasteiger partial charge in [-0.2, -0.15) is 0 Å². The number of nitrogens with zero attached hydrogens (tertiary/aromatic N) is 1. The second kappa shape index (κ2) is 6.56. The number of amides is 2. The third kappa shape index (κ3) is 3.24. The van der Waals surface area contributed by atoms with Crippen LogP contribution in [0.2, 0.25) is 0 Å². The molecule has 0 radical (unpaired) electrons. The maximum Gasteiger partial charge on any atom is 0.287 e. The molecule has 1 aliphatic rings. The molecule has 0 aliphatic carbocycles. The highest BCUT2D eigenvalue weighted by atomic mass is 16.5. The lowest BCUT2D eigenvalue weighted by atomic mass is 10.1. The maximum atomic E-state index is 12.4. The van der Waals surface area contributed by atoms with Gasteiger partial charge in [0.25, 0.3) is 17.4 Å². The number of anilines is 1. The van der Waals surface area contributed by atoms with E-state index in [1.54, 1.807) is 49.4 Å². The van der Waals surface area contributed by atoms with Crippen molar-refractivity contribution in [2.75, 3.05) is 5.32 Å². The first-order chi connectivity index (χ1) is 13.0. The van der Waals surface area contributed by atoms with E-state index < -0.39 is 12.0 Å². The zero-order chi connectivity index (χ0) is 19.0. The molecule has 2 aromatic carbocycles. The van der Waals surface area contributed by atoms with Gasteiger partial charge >= 0.3 is 0 Å². The smallest absolute Gasteiger partial charge is 0.287 e. The molecule has 1 aliphatic heterocycles. The van der Waals surface area contributed by atoms with E-state index in [0.717, 1.165) is 5.56 Å². The Morgan fingerprint density at radius 3 is 2.89 bits per heavy atom. The zero-order valence-corrected chi connectivity index (χ0v) is 14.4. The molecule has 27 heavy (non-hydrogen) atoms. The zero-order valence-electron chi connectivity index (χ0n) is 14.4. The van der Waals surface area contributed by atoms with Gasteiger partial charge in [0.1, 0.15) is 5.75 Å². The molecule has 0 unspecified atom stereocenters. The Kier molecular flexibility index (Phi) is 4.08. The number of hydrogen-bond donors (Lipinski definition) is 3. The number of rotatable bonds is 3. The van der Waals surface area contributed by atoms with E-state index in [2.05, 4.69) is 20.6 Å². The summed E-state index contributed by atoms with van der Waals surface area (Å²) in [6.07, 6.45) is -0.543. The highest BCUT2D eigenvalue weighted by molar-refractivity contribution is 5.97. The molecule has 3 aromatic rings. The van der Waals surface area contributed by atoms with Gasteiger partial charge in [-0.3, -0.25) is 14.4 Å². The number of nitrogens with one attached hydrogen (secondary N) is 3. The minimum Gasteiger partial charge on any atom is -0.479 e. The molecular weight excluding hydrogens is 348 g/mol. The van der Waals surface area contributed by atoms with Crippen LogP contribution in [0.5, 0.6) is 5.75 Å². The Morgan fingerprint density at radius 1 is 1.22 bits per heavy atom. The summed E-state index contributed by atoms with van der Waals surface area (Å²) in [4.78, 5) is 42.8. The van der Waals surface area contributed by atoms with Gasteiger partial charge in [-0.15, -0.1) is 0 Å². The highest BCUT2D eigenvalue weighted by Crippen LogP contribution is 2.30. The second-order valence-corrected chi connectivity index (χ2v) is 6.19. The Bertz CT molecular complexity index is 1120. The molecule has 136 valence electrons. The van der Waals surface area contributed by atoms with Crippen molar-refractivity contribution in [1.29, 1.82) is 0 Å². The Balaban J connectivity index is 1.51. The van der Waals surface area contributed by atoms with Crippen LogP contribution in [0.25, 0.3) is 10.9 Å². The standard InChI is InChI=1S/C19H16N4O4/c1-10-17(24)22-14-8-11(6-7-15(14)27-10)9-20-19(26)16-21-13-5-3-2-4-12(13)18(25)23-16/h2-8,10H,9H2,1H3,(H,20,26)(H,22,24)(H,21,23,25)/t10-/m0/s1. The number of ether oxygens (including phenoxy) is 1. The van der Waals surface area contributed by atoms with Crippen molar-refractivity contribution in [3.63, 3.8) is 0 Å². The fourth-order valence-electron chi connectivity index (χ4n) is 2.83. The lowest BCUT2D eigenvalue weighted by molar-refractivity contribution is -0.122. The van der Waals surface area contributed by atoms with Crippen molar-refractivity contribution in [3.8, 4) is 5.75 Å². The first kappa shape index (κ1) is 16.8. The van der Waals surface area contributed by atoms with E-state index in [0.29, 0.717) is 22.3 Å². The van der Waals surface area contributed by atoms with Crippen LogP contribution in [-0.4, -0.2) is 27.9 Å². The van der Waals surface area contributed by atoms with Crippen molar-refractivity contribution in [3.05, 3.63) is 64.2 Å². The fraction of sp³-hybridized carbons (Fsp3) is 0.158. The summed E-state index contributed by atoms with van der Waals surface area (Å²) in [5, 5.41) is 5.89. The quantitative estimate of drug-likeness (QED) is 0.653. The molecule has 0 spiro atoms. The van der Waals surface area contributed by atoms with Gasteiger partial charge < -0.3 is 20.4 Å². The van der Waals surface area contributed by atoms with Crippen LogP contribution in [0.15, 0.2) is 47.3 Å². The van der Waals surface area contributed by atoms with Gasteiger partial charge in [-0.25, -0.2) is 4.98 Å². The molecular formula is C19H16N4O4. The molecule has 1 aromatic heterocycles. The summed E-state index contributed by atoms with van der Waals surface area (Å²) in [6, 6.07) is 12.1. The van der Waals surface area contributed by atoms with Crippen LogP contribution >= 0.6 is 0 Å². The van der Waals surface area contributed by atoms with Crippen LogP contribution in [0, 0.1) is 0 Å². The lowest BCUT2D eigenvalue weighted by Crippen LogP contribution is -2.34. The van der Waals surface area contributed by atoms with Crippen LogP contribution < -0.4 is 20.9 Å². The van der Waals surface area contributed by atoms with Gasteiger partial charge in [0.2, 0.25) is 0 Å². The second-order valence-electron chi connectivity index (χ2n) is 6.19. The minimum atomic E-state index is -0.543. The van der Waals surface area contributed by atoms with E-state index >= 15 is 0 Å². The molecule has 0 bridgehead atoms. The number of fused-ring (bicyclic) bond motifs is 2. The molecule has 0 fully saturated rings. The van der Waals surface area contributed by atoms with Crippen molar-refractivity contribution in [2.45, 2.75) is 19.6 Å². The Hall–Kier alpha value is -3.68. The molecule has 2 amide bonds. The van der Waals surface area contributed by atoms with Gasteiger partial charge in [0.05, 0.1) is 16.6 Å². The number of aromatic amines is 1. The number of para-hydroxylation sites is 1. The summed E-state index contributed by atoms with van der Waals surface area (Å²) >= 11 is 0. The van der Waals surface area contributed by atoms with Crippen LogP contribution in [-0.2, 0) is 11.3 Å². The Labute approximate surface area is 153 Å². The van der Waals surface area contributed by atoms with E-state index in [1.165, 1.54) is 0 Å². The Morgan fingerprint density at radius 2 is 2.04 bits per heavy atom. The number of carbonyl (C=O) groups is 2.